The molecule has 3 rings (SSSR count). The number of hydrogen-bond acceptors (Lipinski definition) is 3. The van der Waals surface area contributed by atoms with Crippen LogP contribution in [-0.4, -0.2) is 37.7 Å². The molecule has 0 spiro atoms. The van der Waals surface area contributed by atoms with Crippen LogP contribution in [0.2, 0.25) is 0 Å². The minimum absolute atomic E-state index is 0.386. The number of rotatable bonds is 4. The summed E-state index contributed by atoms with van der Waals surface area (Å²) < 4.78 is 5.39. The number of amides is 1. The molecule has 0 unspecified atom stereocenters. The van der Waals surface area contributed by atoms with E-state index in [4.69, 9.17) is 4.74 Å². The maximum absolute atomic E-state index is 12.1. The second-order valence-corrected chi connectivity index (χ2v) is 6.05. The summed E-state index contributed by atoms with van der Waals surface area (Å²) in [6.07, 6.45) is 0.702. The summed E-state index contributed by atoms with van der Waals surface area (Å²) >= 11 is 0. The van der Waals surface area contributed by atoms with Crippen molar-refractivity contribution < 1.29 is 9.53 Å². The van der Waals surface area contributed by atoms with Gasteiger partial charge >= 0.3 is 6.09 Å². The summed E-state index contributed by atoms with van der Waals surface area (Å²) in [5.74, 6) is 0.440. The van der Waals surface area contributed by atoms with Crippen LogP contribution in [0.3, 0.4) is 0 Å². The fourth-order valence-electron chi connectivity index (χ4n) is 2.96. The molecule has 1 heterocycles. The summed E-state index contributed by atoms with van der Waals surface area (Å²) in [6.45, 7) is 2.55. The van der Waals surface area contributed by atoms with Gasteiger partial charge in [-0.3, -0.25) is 5.32 Å². The Labute approximate surface area is 137 Å². The third-order valence-corrected chi connectivity index (χ3v) is 4.19. The lowest BCUT2D eigenvalue weighted by molar-refractivity contribution is 0.142. The van der Waals surface area contributed by atoms with Gasteiger partial charge in [0.25, 0.3) is 0 Å². The Hall–Kier alpha value is -2.33. The zero-order valence-electron chi connectivity index (χ0n) is 13.4. The molecule has 1 fully saturated rings. The van der Waals surface area contributed by atoms with Crippen LogP contribution in [0.25, 0.3) is 11.1 Å². The molecular formula is C19H22N2O2. The first-order valence-corrected chi connectivity index (χ1v) is 7.99. The zero-order chi connectivity index (χ0) is 16.1. The molecule has 4 nitrogen and oxygen atoms in total. The zero-order valence-corrected chi connectivity index (χ0v) is 13.4. The Bertz CT molecular complexity index is 657. The second-order valence-electron chi connectivity index (χ2n) is 6.05. The van der Waals surface area contributed by atoms with E-state index in [9.17, 15) is 4.79 Å². The van der Waals surface area contributed by atoms with Gasteiger partial charge in [-0.2, -0.15) is 0 Å². The molecule has 0 aromatic heterocycles. The maximum Gasteiger partial charge on any atom is 0.411 e. The molecule has 1 atom stereocenters. The first-order chi connectivity index (χ1) is 11.2. The minimum Gasteiger partial charge on any atom is -0.449 e. The van der Waals surface area contributed by atoms with Crippen LogP contribution in [0.4, 0.5) is 10.5 Å². The number of carbonyl (C=O) groups excluding carboxylic acids is 1. The van der Waals surface area contributed by atoms with Crippen molar-refractivity contribution in [1.82, 2.24) is 4.90 Å². The van der Waals surface area contributed by atoms with Crippen LogP contribution in [0.5, 0.6) is 0 Å². The number of nitrogens with zero attached hydrogens (tertiary/aromatic N) is 1. The Morgan fingerprint density at radius 3 is 2.65 bits per heavy atom. The largest absolute Gasteiger partial charge is 0.449 e. The van der Waals surface area contributed by atoms with E-state index in [1.807, 2.05) is 54.6 Å². The third-order valence-electron chi connectivity index (χ3n) is 4.19. The summed E-state index contributed by atoms with van der Waals surface area (Å²) in [6, 6.07) is 17.8. The molecule has 2 aromatic rings. The summed E-state index contributed by atoms with van der Waals surface area (Å²) in [7, 11) is 2.09. The maximum atomic E-state index is 12.1. The van der Waals surface area contributed by atoms with Crippen molar-refractivity contribution in [3.8, 4) is 11.1 Å². The SMILES string of the molecule is CN1CC[C@@H](COC(=O)Nc2ccccc2-c2ccccc2)C1. The predicted octanol–water partition coefficient (Wildman–Crippen LogP) is 3.85. The van der Waals surface area contributed by atoms with Crippen molar-refractivity contribution in [2.24, 2.45) is 5.92 Å². The molecule has 2 aromatic carbocycles. The number of hydrogen-bond donors (Lipinski definition) is 1. The molecule has 0 bridgehead atoms. The number of ether oxygens (including phenoxy) is 1. The highest BCUT2D eigenvalue weighted by molar-refractivity contribution is 5.91. The van der Waals surface area contributed by atoms with Gasteiger partial charge in [0.2, 0.25) is 0 Å². The van der Waals surface area contributed by atoms with Gasteiger partial charge in [0.1, 0.15) is 0 Å². The van der Waals surface area contributed by atoms with Crippen molar-refractivity contribution in [2.45, 2.75) is 6.42 Å². The molecule has 0 aliphatic carbocycles. The highest BCUT2D eigenvalue weighted by atomic mass is 16.5. The molecule has 1 aliphatic heterocycles. The third kappa shape index (κ3) is 4.11. The number of carbonyl (C=O) groups is 1. The Morgan fingerprint density at radius 1 is 1.17 bits per heavy atom. The number of benzene rings is 2. The van der Waals surface area contributed by atoms with E-state index in [2.05, 4.69) is 17.3 Å². The standard InChI is InChI=1S/C19H22N2O2/c1-21-12-11-15(13-21)14-23-19(22)20-18-10-6-5-9-17(18)16-7-3-2-4-8-16/h2-10,15H,11-14H2,1H3,(H,20,22)/t15-/m1/s1. The summed E-state index contributed by atoms with van der Waals surface area (Å²) in [5.41, 5.74) is 2.83. The number of anilines is 1. The van der Waals surface area contributed by atoms with Gasteiger partial charge in [-0.1, -0.05) is 48.5 Å². The first-order valence-electron chi connectivity index (χ1n) is 7.99. The van der Waals surface area contributed by atoms with E-state index >= 15 is 0 Å². The van der Waals surface area contributed by atoms with Crippen molar-refractivity contribution in [3.63, 3.8) is 0 Å². The molecule has 1 N–H and O–H groups in total. The Morgan fingerprint density at radius 2 is 1.91 bits per heavy atom. The topological polar surface area (TPSA) is 41.6 Å². The van der Waals surface area contributed by atoms with Gasteiger partial charge in [0.15, 0.2) is 0 Å². The molecule has 1 aliphatic rings. The molecule has 4 heteroatoms. The minimum atomic E-state index is -0.386. The smallest absolute Gasteiger partial charge is 0.411 e. The van der Waals surface area contributed by atoms with Crippen LogP contribution in [-0.2, 0) is 4.74 Å². The van der Waals surface area contributed by atoms with Gasteiger partial charge < -0.3 is 9.64 Å². The quantitative estimate of drug-likeness (QED) is 0.932. The van der Waals surface area contributed by atoms with E-state index in [0.29, 0.717) is 12.5 Å². The lowest BCUT2D eigenvalue weighted by Gasteiger charge is -2.14. The lowest BCUT2D eigenvalue weighted by Crippen LogP contribution is -2.21. The van der Waals surface area contributed by atoms with E-state index in [0.717, 1.165) is 36.3 Å². The van der Waals surface area contributed by atoms with Crippen LogP contribution >= 0.6 is 0 Å². The normalized spacial score (nSPS) is 17.9. The highest BCUT2D eigenvalue weighted by Gasteiger charge is 2.21. The average molecular weight is 310 g/mol. The molecular weight excluding hydrogens is 288 g/mol. The van der Waals surface area contributed by atoms with Crippen molar-refractivity contribution in [3.05, 3.63) is 54.6 Å². The van der Waals surface area contributed by atoms with Gasteiger partial charge in [-0.05, 0) is 31.6 Å². The van der Waals surface area contributed by atoms with Gasteiger partial charge in [-0.15, -0.1) is 0 Å². The van der Waals surface area contributed by atoms with Crippen LogP contribution in [0.15, 0.2) is 54.6 Å². The monoisotopic (exact) mass is 310 g/mol. The van der Waals surface area contributed by atoms with Crippen molar-refractivity contribution in [2.75, 3.05) is 32.1 Å². The number of likely N-dealkylation sites (tertiary alicyclic amines) is 1. The summed E-state index contributed by atoms with van der Waals surface area (Å²) in [5, 5.41) is 2.87. The summed E-state index contributed by atoms with van der Waals surface area (Å²) in [4.78, 5) is 14.3. The van der Waals surface area contributed by atoms with E-state index < -0.39 is 0 Å². The fourth-order valence-corrected chi connectivity index (χ4v) is 2.96. The Kier molecular flexibility index (Phi) is 4.93. The van der Waals surface area contributed by atoms with Crippen LogP contribution < -0.4 is 5.32 Å². The number of nitrogens with one attached hydrogen (secondary N) is 1. The molecule has 23 heavy (non-hydrogen) atoms. The van der Waals surface area contributed by atoms with Crippen molar-refractivity contribution in [1.29, 1.82) is 0 Å². The molecule has 0 radical (unpaired) electrons. The molecule has 1 saturated heterocycles. The average Bonchev–Trinajstić information content (AvgIpc) is 3.00. The first kappa shape index (κ1) is 15.6. The van der Waals surface area contributed by atoms with Gasteiger partial charge in [0, 0.05) is 18.0 Å². The lowest BCUT2D eigenvalue weighted by atomic mass is 10.0. The number of para-hydroxylation sites is 1. The second kappa shape index (κ2) is 7.29. The fraction of sp³-hybridized carbons (Fsp3) is 0.316. The van der Waals surface area contributed by atoms with Crippen LogP contribution in [0, 0.1) is 5.92 Å². The van der Waals surface area contributed by atoms with E-state index in [1.54, 1.807) is 0 Å². The Balaban J connectivity index is 1.62. The van der Waals surface area contributed by atoms with Crippen LogP contribution in [0.1, 0.15) is 6.42 Å². The van der Waals surface area contributed by atoms with Gasteiger partial charge in [0.05, 0.1) is 12.3 Å². The van der Waals surface area contributed by atoms with E-state index in [1.165, 1.54) is 0 Å². The molecule has 1 amide bonds. The highest BCUT2D eigenvalue weighted by Crippen LogP contribution is 2.27. The molecule has 120 valence electrons. The van der Waals surface area contributed by atoms with Gasteiger partial charge in [-0.25, -0.2) is 4.79 Å². The molecule has 0 saturated carbocycles. The predicted molar refractivity (Wildman–Crippen MR) is 92.5 cm³/mol. The van der Waals surface area contributed by atoms with Crippen molar-refractivity contribution >= 4 is 11.8 Å². The van der Waals surface area contributed by atoms with E-state index in [-0.39, 0.29) is 6.09 Å².